The fraction of sp³-hybridized carbons (Fsp3) is 0.231. The number of hydrogen-bond donors (Lipinski definition) is 0. The van der Waals surface area contributed by atoms with Gasteiger partial charge in [-0.05, 0) is 0 Å². The molecule has 0 amide bonds. The molecule has 0 nitrogen and oxygen atoms in total. The van der Waals surface area contributed by atoms with E-state index >= 15 is 0 Å². The summed E-state index contributed by atoms with van der Waals surface area (Å²) >= 11 is -4.14. The molecular formula is C26H32Cl2HfSi. The molecule has 0 radical (unpaired) electrons. The van der Waals surface area contributed by atoms with Crippen molar-refractivity contribution in [1.29, 1.82) is 0 Å². The maximum absolute atomic E-state index is 4.14. The van der Waals surface area contributed by atoms with Crippen LogP contribution in [0.2, 0.25) is 0 Å². The van der Waals surface area contributed by atoms with Crippen molar-refractivity contribution in [3.05, 3.63) is 102 Å². The smallest absolute Gasteiger partial charge is 0.147 e. The first-order valence-electron chi connectivity index (χ1n) is 10.3. The van der Waals surface area contributed by atoms with Crippen molar-refractivity contribution in [3.63, 3.8) is 0 Å². The molecule has 4 rings (SSSR count). The van der Waals surface area contributed by atoms with Gasteiger partial charge in [0, 0.05) is 0 Å². The Hall–Kier alpha value is -0.933. The van der Waals surface area contributed by atoms with Gasteiger partial charge in [-0.15, -0.1) is 24.8 Å². The first-order chi connectivity index (χ1) is 13.4. The molecule has 2 aromatic carbocycles. The largest absolute Gasteiger partial charge is 0.147 e. The summed E-state index contributed by atoms with van der Waals surface area (Å²) < 4.78 is 6.62. The molecule has 0 fully saturated rings. The molecule has 2 aromatic rings. The second-order valence-electron chi connectivity index (χ2n) is 8.58. The fourth-order valence-corrected chi connectivity index (χ4v) is 42.0. The molecule has 1 atom stereocenters. The van der Waals surface area contributed by atoms with Crippen LogP contribution in [-0.4, -0.2) is 6.94 Å². The second-order valence-corrected chi connectivity index (χ2v) is 39.0. The average Bonchev–Trinajstić information content (AvgIpc) is 3.35. The van der Waals surface area contributed by atoms with E-state index in [2.05, 4.69) is 114 Å². The first-order valence-corrected chi connectivity index (χ1v) is 25.8. The molecule has 0 N–H and O–H groups in total. The molecule has 0 bridgehead atoms. The molecule has 1 unspecified atom stereocenters. The Morgan fingerprint density at radius 3 is 1.67 bits per heavy atom. The van der Waals surface area contributed by atoms with Crippen LogP contribution < -0.4 is 6.64 Å². The van der Waals surface area contributed by atoms with E-state index in [0.717, 1.165) is 6.42 Å². The maximum atomic E-state index is 2.46. The van der Waals surface area contributed by atoms with E-state index in [-0.39, 0.29) is 24.8 Å². The molecule has 0 aromatic heterocycles. The third-order valence-corrected chi connectivity index (χ3v) is 46.2. The van der Waals surface area contributed by atoms with Gasteiger partial charge in [0.1, 0.15) is 0 Å². The Morgan fingerprint density at radius 2 is 1.30 bits per heavy atom. The van der Waals surface area contributed by atoms with Crippen LogP contribution in [0.3, 0.4) is 0 Å². The van der Waals surface area contributed by atoms with Gasteiger partial charge in [0.2, 0.25) is 0 Å². The summed E-state index contributed by atoms with van der Waals surface area (Å²) in [6.45, 7) is 11.9. The third-order valence-electron chi connectivity index (χ3n) is 7.54. The predicted molar refractivity (Wildman–Crippen MR) is 137 cm³/mol. The van der Waals surface area contributed by atoms with E-state index in [1.165, 1.54) is 5.57 Å². The molecule has 0 saturated heterocycles. The average molecular weight is 622 g/mol. The summed E-state index contributed by atoms with van der Waals surface area (Å²) in [5.41, 5.74) is 4.62. The molecule has 0 aliphatic heterocycles. The topological polar surface area (TPSA) is 0 Å². The predicted octanol–water partition coefficient (Wildman–Crippen LogP) is 5.82. The fourth-order valence-electron chi connectivity index (χ4n) is 5.75. The Balaban J connectivity index is 0.00000160. The van der Waals surface area contributed by atoms with Gasteiger partial charge in [0.05, 0.1) is 0 Å². The monoisotopic (exact) mass is 622 g/mol. The number of halogens is 2. The zero-order valence-corrected chi connectivity index (χ0v) is 25.0. The van der Waals surface area contributed by atoms with Crippen molar-refractivity contribution < 1.29 is 17.1 Å². The summed E-state index contributed by atoms with van der Waals surface area (Å²) in [6, 6.07) is 23.0. The summed E-state index contributed by atoms with van der Waals surface area (Å²) in [4.78, 5) is 0. The van der Waals surface area contributed by atoms with Crippen molar-refractivity contribution in [2.75, 3.05) is 0 Å². The molecule has 0 heterocycles. The zero-order valence-electron chi connectivity index (χ0n) is 18.3. The number of allylic oxidation sites excluding steroid dienone is 8. The van der Waals surface area contributed by atoms with E-state index in [4.69, 9.17) is 0 Å². The number of rotatable bonds is 4. The SMILES string of the molecule is CC1=C(C)C(C)[C]([Hf](=[SiH2])([C]2=CC=CC2)([c]2ccccc2)[c]2ccccc2)=C1C.Cl.Cl. The van der Waals surface area contributed by atoms with E-state index in [0.29, 0.717) is 5.92 Å². The molecule has 2 aliphatic carbocycles. The molecule has 2 aliphatic rings. The number of benzene rings is 2. The minimum absolute atomic E-state index is 0. The molecule has 30 heavy (non-hydrogen) atoms. The summed E-state index contributed by atoms with van der Waals surface area (Å²) in [6.07, 6.45) is 8.18. The minimum Gasteiger partial charge on any atom is -0.147 e. The summed E-state index contributed by atoms with van der Waals surface area (Å²) in [7, 11) is 0. The van der Waals surface area contributed by atoms with Gasteiger partial charge >= 0.3 is 173 Å². The molecule has 0 saturated carbocycles. The molecule has 0 spiro atoms. The third kappa shape index (κ3) is 3.35. The van der Waals surface area contributed by atoms with Crippen LogP contribution in [0.5, 0.6) is 0 Å². The van der Waals surface area contributed by atoms with Crippen LogP contribution >= 0.6 is 24.8 Å². The van der Waals surface area contributed by atoms with Gasteiger partial charge in [-0.3, -0.25) is 0 Å². The van der Waals surface area contributed by atoms with Crippen molar-refractivity contribution in [1.82, 2.24) is 0 Å². The second kappa shape index (κ2) is 9.28. The van der Waals surface area contributed by atoms with Crippen LogP contribution in [0.15, 0.2) is 102 Å². The van der Waals surface area contributed by atoms with Crippen molar-refractivity contribution in [2.45, 2.75) is 34.1 Å². The van der Waals surface area contributed by atoms with E-state index in [1.807, 2.05) is 0 Å². The van der Waals surface area contributed by atoms with Crippen molar-refractivity contribution in [2.24, 2.45) is 5.92 Å². The van der Waals surface area contributed by atoms with Gasteiger partial charge in [0.15, 0.2) is 0 Å². The van der Waals surface area contributed by atoms with Gasteiger partial charge in [0.25, 0.3) is 0 Å². The number of hydrogen-bond acceptors (Lipinski definition) is 0. The van der Waals surface area contributed by atoms with Gasteiger partial charge < -0.3 is 0 Å². The Kier molecular flexibility index (Phi) is 7.84. The normalized spacial score (nSPS) is 18.8. The van der Waals surface area contributed by atoms with Crippen molar-refractivity contribution >= 4 is 38.4 Å². The van der Waals surface area contributed by atoms with E-state index in [9.17, 15) is 0 Å². The quantitative estimate of drug-likeness (QED) is 0.378. The van der Waals surface area contributed by atoms with E-state index < -0.39 is 17.1 Å². The first kappa shape index (κ1) is 25.3. The zero-order chi connectivity index (χ0) is 20.0. The molecular weight excluding hydrogens is 590 g/mol. The molecule has 158 valence electrons. The maximum Gasteiger partial charge on any atom is -0.147 e. The summed E-state index contributed by atoms with van der Waals surface area (Å²) in [5, 5.41) is 0. The van der Waals surface area contributed by atoms with Crippen LogP contribution in [0.4, 0.5) is 0 Å². The van der Waals surface area contributed by atoms with Gasteiger partial charge in [-0.1, -0.05) is 0 Å². The molecule has 4 heteroatoms. The minimum atomic E-state index is -4.14. The van der Waals surface area contributed by atoms with Crippen LogP contribution in [0.25, 0.3) is 0 Å². The van der Waals surface area contributed by atoms with Gasteiger partial charge in [-0.2, -0.15) is 0 Å². The van der Waals surface area contributed by atoms with E-state index in [1.54, 1.807) is 24.4 Å². The Bertz CT molecular complexity index is 1080. The Morgan fingerprint density at radius 1 is 0.800 bits per heavy atom. The standard InChI is InChI=1S/C9H13.2C6H5.C5H5.2ClH.Hf.H2Si/c1-6-5-7(2)9(4)8(6)3;2*1-2-4-6-5-3-1;1-2-4-5-3-1;;;;/h6H,1-4H3;2*1-5H;1-3H,4H2;2*1H;;1H2. The Labute approximate surface area is 196 Å². The van der Waals surface area contributed by atoms with Gasteiger partial charge in [-0.25, -0.2) is 0 Å². The van der Waals surface area contributed by atoms with Crippen LogP contribution in [0, 0.1) is 5.92 Å². The van der Waals surface area contributed by atoms with Crippen LogP contribution in [-0.2, 0) is 17.1 Å². The summed E-state index contributed by atoms with van der Waals surface area (Å²) in [5.74, 6) is 0.509. The van der Waals surface area contributed by atoms with Crippen LogP contribution in [0.1, 0.15) is 34.1 Å². The van der Waals surface area contributed by atoms with Crippen molar-refractivity contribution in [3.8, 4) is 0 Å².